The largest absolute Gasteiger partial charge is 0.349 e. The van der Waals surface area contributed by atoms with Gasteiger partial charge in [-0.15, -0.1) is 11.3 Å². The summed E-state index contributed by atoms with van der Waals surface area (Å²) in [6, 6.07) is 1.58. The van der Waals surface area contributed by atoms with Crippen molar-refractivity contribution in [2.75, 3.05) is 9.62 Å². The van der Waals surface area contributed by atoms with Gasteiger partial charge < -0.3 is 10.6 Å². The third-order valence-electron chi connectivity index (χ3n) is 4.87. The Balaban J connectivity index is 1.64. The molecule has 3 amide bonds. The number of nitrogens with one attached hydrogen (secondary N) is 2. The average Bonchev–Trinajstić information content (AvgIpc) is 2.94. The summed E-state index contributed by atoms with van der Waals surface area (Å²) < 4.78 is 1.25. The van der Waals surface area contributed by atoms with Crippen LogP contribution in [0.5, 0.6) is 0 Å². The fourth-order valence-corrected chi connectivity index (χ4v) is 4.82. The first-order valence-corrected chi connectivity index (χ1v) is 9.89. The zero-order valence-corrected chi connectivity index (χ0v) is 15.5. The molecule has 1 saturated carbocycles. The van der Waals surface area contributed by atoms with Crippen LogP contribution in [0.4, 0.5) is 16.2 Å². The number of anilines is 2. The number of pyridine rings is 1. The summed E-state index contributed by atoms with van der Waals surface area (Å²) in [5.74, 6) is -0.123. The molecule has 1 aliphatic carbocycles. The molecule has 8 heteroatoms. The molecule has 2 aromatic rings. The van der Waals surface area contributed by atoms with Gasteiger partial charge in [0.15, 0.2) is 0 Å². The number of hydrogen-bond donors (Lipinski definition) is 3. The molecule has 132 valence electrons. The number of thiol groups is 1. The topological polar surface area (TPSA) is 74.3 Å². The van der Waals surface area contributed by atoms with Gasteiger partial charge in [0.1, 0.15) is 9.71 Å². The molecule has 1 aliphatic heterocycles. The lowest BCUT2D eigenvalue weighted by atomic mass is 9.96. The first-order chi connectivity index (χ1) is 12.1. The lowest BCUT2D eigenvalue weighted by Gasteiger charge is -2.24. The molecule has 0 saturated heterocycles. The summed E-state index contributed by atoms with van der Waals surface area (Å²) in [5.41, 5.74) is 1.22. The molecule has 4 rings (SSSR count). The molecule has 2 N–H and O–H groups in total. The monoisotopic (exact) mass is 376 g/mol. The van der Waals surface area contributed by atoms with Crippen molar-refractivity contribution in [1.29, 1.82) is 0 Å². The Hall–Kier alpha value is -1.80. The number of urea groups is 1. The number of carbonyl (C=O) groups is 2. The quantitative estimate of drug-likeness (QED) is 0.683. The van der Waals surface area contributed by atoms with Crippen molar-refractivity contribution in [1.82, 2.24) is 10.3 Å². The molecular formula is C17H20N4O2S2. The van der Waals surface area contributed by atoms with Crippen LogP contribution < -0.4 is 14.9 Å². The highest BCUT2D eigenvalue weighted by atomic mass is 32.1. The van der Waals surface area contributed by atoms with E-state index in [0.29, 0.717) is 16.3 Å². The molecule has 0 spiro atoms. The van der Waals surface area contributed by atoms with Crippen molar-refractivity contribution < 1.29 is 9.59 Å². The number of nitrogens with zero attached hydrogens (tertiary/aromatic N) is 2. The van der Waals surface area contributed by atoms with E-state index in [0.717, 1.165) is 35.9 Å². The molecule has 2 aromatic heterocycles. The van der Waals surface area contributed by atoms with Crippen molar-refractivity contribution in [2.24, 2.45) is 0 Å². The number of rotatable bonds is 2. The summed E-state index contributed by atoms with van der Waals surface area (Å²) in [6.45, 7) is 0. The molecule has 0 aromatic carbocycles. The minimum atomic E-state index is -0.360. The van der Waals surface area contributed by atoms with Crippen LogP contribution in [0, 0.1) is 0 Å². The molecule has 6 nitrogen and oxygen atoms in total. The predicted octanol–water partition coefficient (Wildman–Crippen LogP) is 4.34. The molecule has 3 heterocycles. The van der Waals surface area contributed by atoms with Gasteiger partial charge >= 0.3 is 6.03 Å². The molecule has 0 bridgehead atoms. The van der Waals surface area contributed by atoms with Gasteiger partial charge in [-0.1, -0.05) is 44.9 Å². The van der Waals surface area contributed by atoms with Gasteiger partial charge in [0, 0.05) is 12.2 Å². The summed E-state index contributed by atoms with van der Waals surface area (Å²) in [6.07, 6.45) is 9.75. The van der Waals surface area contributed by atoms with Crippen molar-refractivity contribution in [3.8, 4) is 0 Å². The Labute approximate surface area is 155 Å². The van der Waals surface area contributed by atoms with Crippen LogP contribution in [0.25, 0.3) is 10.2 Å². The average molecular weight is 377 g/mol. The van der Waals surface area contributed by atoms with Crippen molar-refractivity contribution in [3.63, 3.8) is 0 Å². The molecule has 0 atom stereocenters. The third-order valence-corrected chi connectivity index (χ3v) is 6.36. The molecule has 2 aliphatic rings. The van der Waals surface area contributed by atoms with Crippen LogP contribution in [0.3, 0.4) is 0 Å². The minimum absolute atomic E-state index is 0.123. The second-order valence-corrected chi connectivity index (χ2v) is 7.97. The number of hydrogen-bond acceptors (Lipinski definition) is 5. The van der Waals surface area contributed by atoms with E-state index in [-0.39, 0.29) is 18.0 Å². The van der Waals surface area contributed by atoms with E-state index >= 15 is 0 Å². The van der Waals surface area contributed by atoms with Gasteiger partial charge in [-0.25, -0.2) is 14.1 Å². The van der Waals surface area contributed by atoms with Gasteiger partial charge in [-0.3, -0.25) is 4.79 Å². The van der Waals surface area contributed by atoms with E-state index in [4.69, 9.17) is 0 Å². The predicted molar refractivity (Wildman–Crippen MR) is 104 cm³/mol. The highest BCUT2D eigenvalue weighted by molar-refractivity contribution is 7.82. The number of aromatic nitrogens is 1. The highest BCUT2D eigenvalue weighted by Gasteiger charge is 2.31. The van der Waals surface area contributed by atoms with E-state index in [1.165, 1.54) is 34.9 Å². The molecule has 25 heavy (non-hydrogen) atoms. The van der Waals surface area contributed by atoms with Crippen LogP contribution in [-0.2, 0) is 0 Å². The Kier molecular flexibility index (Phi) is 4.56. The van der Waals surface area contributed by atoms with Crippen LogP contribution in [0.1, 0.15) is 54.6 Å². The van der Waals surface area contributed by atoms with Crippen LogP contribution in [0.2, 0.25) is 0 Å². The minimum Gasteiger partial charge on any atom is -0.349 e. The second kappa shape index (κ2) is 6.84. The van der Waals surface area contributed by atoms with Crippen molar-refractivity contribution in [2.45, 2.75) is 51.0 Å². The summed E-state index contributed by atoms with van der Waals surface area (Å²) in [7, 11) is 0. The molecular weight excluding hydrogens is 356 g/mol. The highest BCUT2D eigenvalue weighted by Crippen LogP contribution is 2.43. The maximum Gasteiger partial charge on any atom is 0.336 e. The lowest BCUT2D eigenvalue weighted by molar-refractivity contribution is 0.0935. The van der Waals surface area contributed by atoms with Gasteiger partial charge in [0.05, 0.1) is 16.8 Å². The van der Waals surface area contributed by atoms with Crippen LogP contribution >= 0.6 is 24.2 Å². The standard InChI is InChI=1S/C17H20N4O2S2/c22-15(19-10-6-4-2-1-3-5-7-10)14-13-12-11(21(24)17(23)20-13)8-9-18-16(12)25-14/h8-10,24H,1-7H2,(H,19,22)(H,20,23). The summed E-state index contributed by atoms with van der Waals surface area (Å²) in [4.78, 5) is 30.6. The number of carbonyl (C=O) groups excluding carboxylic acids is 2. The molecule has 0 unspecified atom stereocenters. The second-order valence-electron chi connectivity index (χ2n) is 6.57. The molecule has 0 radical (unpaired) electrons. The zero-order chi connectivity index (χ0) is 17.4. The number of thiophene rings is 1. The van der Waals surface area contributed by atoms with Crippen LogP contribution in [0.15, 0.2) is 12.3 Å². The van der Waals surface area contributed by atoms with Gasteiger partial charge in [0.2, 0.25) is 0 Å². The van der Waals surface area contributed by atoms with E-state index in [1.807, 2.05) is 0 Å². The smallest absolute Gasteiger partial charge is 0.336 e. The fourth-order valence-electron chi connectivity index (χ4n) is 3.58. The first kappa shape index (κ1) is 16.7. The third kappa shape index (κ3) is 3.08. The Bertz CT molecular complexity index is 827. The zero-order valence-electron chi connectivity index (χ0n) is 13.7. The van der Waals surface area contributed by atoms with E-state index in [9.17, 15) is 9.59 Å². The maximum atomic E-state index is 12.9. The summed E-state index contributed by atoms with van der Waals surface area (Å²) >= 11 is 5.54. The SMILES string of the molecule is O=C(NC1CCCCCCC1)c1sc2nccc3c2c1NC(=O)N3S. The van der Waals surface area contributed by atoms with Crippen LogP contribution in [-0.4, -0.2) is 23.0 Å². The van der Waals surface area contributed by atoms with E-state index in [1.54, 1.807) is 12.3 Å². The summed E-state index contributed by atoms with van der Waals surface area (Å²) in [5, 5.41) is 6.73. The number of amides is 3. The molecule has 1 fully saturated rings. The first-order valence-electron chi connectivity index (χ1n) is 8.67. The lowest BCUT2D eigenvalue weighted by Crippen LogP contribution is -2.36. The Morgan fingerprint density at radius 1 is 1.28 bits per heavy atom. The van der Waals surface area contributed by atoms with Gasteiger partial charge in [-0.2, -0.15) is 0 Å². The van der Waals surface area contributed by atoms with E-state index < -0.39 is 0 Å². The Morgan fingerprint density at radius 3 is 2.76 bits per heavy atom. The van der Waals surface area contributed by atoms with Gasteiger partial charge in [-0.05, 0) is 18.9 Å². The van der Waals surface area contributed by atoms with Crippen molar-refractivity contribution >= 4 is 57.7 Å². The van der Waals surface area contributed by atoms with Crippen molar-refractivity contribution in [3.05, 3.63) is 17.1 Å². The van der Waals surface area contributed by atoms with E-state index in [2.05, 4.69) is 28.4 Å². The van der Waals surface area contributed by atoms with Gasteiger partial charge in [0.25, 0.3) is 5.91 Å². The Morgan fingerprint density at radius 2 is 2.00 bits per heavy atom. The fraction of sp³-hybridized carbons (Fsp3) is 0.471. The normalized spacial score (nSPS) is 18.6. The maximum absolute atomic E-state index is 12.9.